The highest BCUT2D eigenvalue weighted by atomic mass is 27.2. The highest BCUT2D eigenvalue weighted by Crippen LogP contribution is 2.26. The second-order valence-corrected chi connectivity index (χ2v) is 5.19. The Balaban J connectivity index is 2.82. The van der Waals surface area contributed by atoms with Crippen molar-refractivity contribution in [3.8, 4) is 11.5 Å². The first kappa shape index (κ1) is 9.44. The van der Waals surface area contributed by atoms with Gasteiger partial charge < -0.3 is 8.53 Å². The van der Waals surface area contributed by atoms with Crippen LogP contribution in [0.1, 0.15) is 0 Å². The van der Waals surface area contributed by atoms with Gasteiger partial charge in [0, 0.05) is 6.07 Å². The van der Waals surface area contributed by atoms with Crippen LogP contribution in [0.4, 0.5) is 0 Å². The molecule has 0 saturated heterocycles. The van der Waals surface area contributed by atoms with E-state index in [1.807, 2.05) is 24.3 Å². The van der Waals surface area contributed by atoms with Crippen molar-refractivity contribution in [2.75, 3.05) is 7.11 Å². The minimum atomic E-state index is -0.999. The van der Waals surface area contributed by atoms with Crippen LogP contribution in [0.3, 0.4) is 0 Å². The van der Waals surface area contributed by atoms with Gasteiger partial charge in [-0.15, -0.1) is 0 Å². The zero-order chi connectivity index (χ0) is 8.97. The van der Waals surface area contributed by atoms with Crippen LogP contribution in [0, 0.1) is 0 Å². The summed E-state index contributed by atoms with van der Waals surface area (Å²) in [7, 11) is 1.78. The molecule has 0 radical (unpaired) electrons. The van der Waals surface area contributed by atoms with E-state index in [0.717, 1.165) is 11.5 Å². The maximum absolute atomic E-state index is 5.68. The number of para-hydroxylation sites is 2. The van der Waals surface area contributed by atoms with Crippen molar-refractivity contribution in [1.29, 1.82) is 0 Å². The van der Waals surface area contributed by atoms with Crippen LogP contribution in [0.25, 0.3) is 0 Å². The van der Waals surface area contributed by atoms with Crippen LogP contribution >= 0.6 is 0 Å². The van der Waals surface area contributed by atoms with E-state index in [1.54, 1.807) is 7.11 Å². The molecule has 2 nitrogen and oxygen atoms in total. The quantitative estimate of drug-likeness (QED) is 0.517. The molecule has 0 unspecified atom stereocenters. The van der Waals surface area contributed by atoms with E-state index in [0.29, 0.717) is 0 Å². The van der Waals surface area contributed by atoms with E-state index < -0.39 is 14.5 Å². The molecule has 1 rings (SSSR count). The molecule has 0 aliphatic heterocycles. The molecule has 0 heterocycles. The molecule has 1 N–H and O–H groups in total. The highest BCUT2D eigenvalue weighted by molar-refractivity contribution is 6.49. The van der Waals surface area contributed by atoms with E-state index in [9.17, 15) is 0 Å². The highest BCUT2D eigenvalue weighted by Gasteiger charge is 2.12. The van der Waals surface area contributed by atoms with Gasteiger partial charge in [-0.3, -0.25) is 0 Å². The van der Waals surface area contributed by atoms with Crippen LogP contribution in [-0.4, -0.2) is 26.3 Å². The third-order valence-corrected chi connectivity index (χ3v) is 2.19. The van der Waals surface area contributed by atoms with Gasteiger partial charge in [-0.2, -0.15) is 0 Å². The molecule has 1 aromatic rings. The fourth-order valence-electron chi connectivity index (χ4n) is 0.995. The fraction of sp³-hybridized carbons (Fsp3) is 0.333. The minimum absolute atomic E-state index is 0.918. The molecule has 1 aromatic carbocycles. The average Bonchev–Trinajstić information content (AvgIpc) is 2.04. The summed E-state index contributed by atoms with van der Waals surface area (Å²) in [5, 5.41) is 0. The predicted octanol–water partition coefficient (Wildman–Crippen LogP) is 2.19. The number of rotatable bonds is 3. The summed E-state index contributed by atoms with van der Waals surface area (Å²) in [5.41, 5.74) is 0. The number of hydrogen-bond donors (Lipinski definition) is 0. The number of benzene rings is 1. The second kappa shape index (κ2) is 4.40. The molecule has 0 aromatic heterocycles. The Kier molecular flexibility index (Phi) is 3.46. The summed E-state index contributed by atoms with van der Waals surface area (Å²) in [4.78, 5) is 0. The Morgan fingerprint density at radius 3 is 2.50 bits per heavy atom. The van der Waals surface area contributed by atoms with Crippen LogP contribution < -0.4 is 3.79 Å². The molecule has 12 heavy (non-hydrogen) atoms. The topological polar surface area (TPSA) is 22.0 Å². The van der Waals surface area contributed by atoms with Gasteiger partial charge in [0.15, 0.2) is 12.9 Å². The molecule has 0 saturated carbocycles. The predicted molar refractivity (Wildman–Crippen MR) is 52.1 cm³/mol. The molecule has 0 amide bonds. The lowest BCUT2D eigenvalue weighted by Gasteiger charge is -2.09. The average molecular weight is 181 g/mol. The zero-order valence-corrected chi connectivity index (χ0v) is 8.90. The van der Waals surface area contributed by atoms with Crippen LogP contribution in [0.15, 0.2) is 24.3 Å². The minimum Gasteiger partial charge on any atom is -0.636 e. The Morgan fingerprint density at radius 2 is 1.92 bits per heavy atom. The molecule has 0 aliphatic rings. The first-order valence-electron chi connectivity index (χ1n) is 4.09. The maximum atomic E-state index is 5.68. The third kappa shape index (κ3) is 2.44. The Bertz CT molecular complexity index is 248. The van der Waals surface area contributed by atoms with E-state index >= 15 is 0 Å². The molecular weight excluding hydrogens is 167 g/mol. The van der Waals surface area contributed by atoms with E-state index in [4.69, 9.17) is 3.79 Å². The molecule has 0 atom stereocenters. The number of aliphatic hydroxyl groups is 1. The lowest BCUT2D eigenvalue weighted by Crippen LogP contribution is -2.11. The third-order valence-electron chi connectivity index (χ3n) is 1.47. The van der Waals surface area contributed by atoms with Crippen molar-refractivity contribution in [3.63, 3.8) is 0 Å². The SMILES string of the molecule is C[OH+]c1ccccc1[O][Al]([CH3])[CH3]. The molecule has 0 fully saturated rings. The molecule has 3 heteroatoms. The lowest BCUT2D eigenvalue weighted by molar-refractivity contribution is 0.131. The van der Waals surface area contributed by atoms with Crippen LogP contribution in [-0.2, 0) is 0 Å². The lowest BCUT2D eigenvalue weighted by atomic mass is 10.3. The summed E-state index contributed by atoms with van der Waals surface area (Å²) < 4.78 is 9.80. The Morgan fingerprint density at radius 1 is 1.25 bits per heavy atom. The maximum Gasteiger partial charge on any atom is 0.540 e. The van der Waals surface area contributed by atoms with E-state index in [1.165, 1.54) is 0 Å². The van der Waals surface area contributed by atoms with Crippen molar-refractivity contribution in [2.45, 2.75) is 11.6 Å². The molecule has 0 bridgehead atoms. The van der Waals surface area contributed by atoms with Crippen LogP contribution in [0.2, 0.25) is 11.6 Å². The van der Waals surface area contributed by atoms with Crippen molar-refractivity contribution in [3.05, 3.63) is 24.3 Å². The second-order valence-electron chi connectivity index (χ2n) is 2.86. The van der Waals surface area contributed by atoms with Gasteiger partial charge in [0.25, 0.3) is 5.75 Å². The molecular formula is C9H14AlO2+. The van der Waals surface area contributed by atoms with Gasteiger partial charge in [0.2, 0.25) is 0 Å². The van der Waals surface area contributed by atoms with Gasteiger partial charge in [0.1, 0.15) is 0 Å². The molecule has 0 aliphatic carbocycles. The Labute approximate surface area is 77.8 Å². The summed E-state index contributed by atoms with van der Waals surface area (Å²) in [5.74, 6) is 6.15. The van der Waals surface area contributed by atoms with Gasteiger partial charge in [-0.1, -0.05) is 23.7 Å². The first-order chi connectivity index (χ1) is 5.74. The molecule has 64 valence electrons. The van der Waals surface area contributed by atoms with E-state index in [2.05, 4.69) is 16.3 Å². The van der Waals surface area contributed by atoms with Crippen molar-refractivity contribution in [2.24, 2.45) is 0 Å². The van der Waals surface area contributed by atoms with Crippen molar-refractivity contribution >= 4 is 14.5 Å². The monoisotopic (exact) mass is 181 g/mol. The van der Waals surface area contributed by atoms with Gasteiger partial charge in [-0.25, -0.2) is 0 Å². The largest absolute Gasteiger partial charge is 0.636 e. The van der Waals surface area contributed by atoms with E-state index in [-0.39, 0.29) is 0 Å². The molecule has 0 spiro atoms. The van der Waals surface area contributed by atoms with Gasteiger partial charge in [-0.05, 0) is 6.07 Å². The Hall–Kier alpha value is -0.648. The summed E-state index contributed by atoms with van der Waals surface area (Å²) in [6.07, 6.45) is 0. The van der Waals surface area contributed by atoms with Crippen molar-refractivity contribution in [1.82, 2.24) is 0 Å². The number of ether oxygens (including phenoxy) is 1. The summed E-state index contributed by atoms with van der Waals surface area (Å²) in [6.45, 7) is 0. The summed E-state index contributed by atoms with van der Waals surface area (Å²) in [6, 6.07) is 7.87. The zero-order valence-electron chi connectivity index (χ0n) is 7.74. The van der Waals surface area contributed by atoms with Gasteiger partial charge in [0.05, 0.1) is 0 Å². The standard InChI is InChI=1S/C7H8O2.2CH3.Al/c1-9-7-5-3-2-4-6(7)8;;;/h2-5,8H,1H3;2*1H3;/q;;;+1. The first-order valence-corrected chi connectivity index (χ1v) is 6.87. The summed E-state index contributed by atoms with van der Waals surface area (Å²) >= 11 is -0.999. The normalized spacial score (nSPS) is 9.25. The van der Waals surface area contributed by atoms with Crippen molar-refractivity contribution < 1.29 is 8.53 Å². The van der Waals surface area contributed by atoms with Crippen LogP contribution in [0.5, 0.6) is 11.5 Å². The fourth-order valence-corrected chi connectivity index (χ4v) is 1.70. The number of hydrogen-bond acceptors (Lipinski definition) is 1. The number of aromatic hydroxyl groups is 1. The smallest absolute Gasteiger partial charge is 0.540 e. The van der Waals surface area contributed by atoms with Gasteiger partial charge >= 0.3 is 14.5 Å².